The Morgan fingerprint density at radius 3 is 2.71 bits per heavy atom. The highest BCUT2D eigenvalue weighted by Crippen LogP contribution is 2.24. The molecule has 1 amide bonds. The highest BCUT2D eigenvalue weighted by molar-refractivity contribution is 7.17. The molecule has 1 aromatic rings. The van der Waals surface area contributed by atoms with E-state index >= 15 is 0 Å². The van der Waals surface area contributed by atoms with E-state index in [9.17, 15) is 14.9 Å². The molecule has 8 heteroatoms. The molecular formula is C9H14ClN3O3S. The van der Waals surface area contributed by atoms with Gasteiger partial charge in [0.1, 0.15) is 0 Å². The third-order valence-electron chi connectivity index (χ3n) is 2.03. The number of thiophene rings is 1. The Morgan fingerprint density at radius 2 is 2.24 bits per heavy atom. The Hall–Kier alpha value is -1.18. The summed E-state index contributed by atoms with van der Waals surface area (Å²) in [5.74, 6) is -0.187. The minimum Gasteiger partial charge on any atom is -0.340 e. The molecule has 0 aliphatic carbocycles. The number of hydrogen-bond donors (Lipinski definition) is 1. The van der Waals surface area contributed by atoms with Gasteiger partial charge in [-0.2, -0.15) is 0 Å². The van der Waals surface area contributed by atoms with E-state index in [0.29, 0.717) is 18.0 Å². The van der Waals surface area contributed by atoms with Crippen LogP contribution in [0.25, 0.3) is 0 Å². The van der Waals surface area contributed by atoms with Crippen LogP contribution in [0.4, 0.5) is 5.00 Å². The average molecular weight is 280 g/mol. The van der Waals surface area contributed by atoms with Gasteiger partial charge in [0.15, 0.2) is 0 Å². The Kier molecular flexibility index (Phi) is 6.71. The normalized spacial score (nSPS) is 9.53. The zero-order valence-electron chi connectivity index (χ0n) is 9.50. The number of nitrogens with zero attached hydrogens (tertiary/aromatic N) is 2. The number of amides is 1. The van der Waals surface area contributed by atoms with Crippen molar-refractivity contribution in [3.8, 4) is 0 Å². The molecule has 6 nitrogen and oxygen atoms in total. The van der Waals surface area contributed by atoms with Crippen LogP contribution in [0.1, 0.15) is 9.67 Å². The SMILES string of the molecule is CNCCN(C)C(=O)c1ccc([N+](=O)[O-])s1.Cl. The quantitative estimate of drug-likeness (QED) is 0.652. The van der Waals surface area contributed by atoms with Gasteiger partial charge in [0, 0.05) is 26.2 Å². The number of halogens is 1. The first-order valence-corrected chi connectivity index (χ1v) is 5.52. The van der Waals surface area contributed by atoms with Crippen molar-refractivity contribution in [2.24, 2.45) is 0 Å². The lowest BCUT2D eigenvalue weighted by Crippen LogP contribution is -2.32. The molecule has 96 valence electrons. The fourth-order valence-electron chi connectivity index (χ4n) is 1.11. The molecule has 0 aliphatic rings. The Morgan fingerprint density at radius 1 is 1.59 bits per heavy atom. The monoisotopic (exact) mass is 279 g/mol. The zero-order chi connectivity index (χ0) is 12.1. The number of rotatable bonds is 5. The molecular weight excluding hydrogens is 266 g/mol. The second-order valence-corrected chi connectivity index (χ2v) is 4.29. The lowest BCUT2D eigenvalue weighted by Gasteiger charge is -2.15. The maximum atomic E-state index is 11.8. The first kappa shape index (κ1) is 15.8. The molecule has 0 unspecified atom stereocenters. The van der Waals surface area contributed by atoms with Crippen LogP contribution >= 0.6 is 23.7 Å². The van der Waals surface area contributed by atoms with E-state index in [4.69, 9.17) is 0 Å². The molecule has 0 aromatic carbocycles. The van der Waals surface area contributed by atoms with Crippen LogP contribution in [-0.4, -0.2) is 42.9 Å². The van der Waals surface area contributed by atoms with Crippen molar-refractivity contribution in [3.05, 3.63) is 27.1 Å². The summed E-state index contributed by atoms with van der Waals surface area (Å²) in [5, 5.41) is 13.4. The number of likely N-dealkylation sites (N-methyl/N-ethyl adjacent to an activating group) is 2. The summed E-state index contributed by atoms with van der Waals surface area (Å²) in [6.45, 7) is 1.26. The van der Waals surface area contributed by atoms with Crippen molar-refractivity contribution >= 4 is 34.7 Å². The molecule has 1 N–H and O–H groups in total. The first-order chi connectivity index (χ1) is 7.56. The molecule has 1 rings (SSSR count). The van der Waals surface area contributed by atoms with Gasteiger partial charge in [0.2, 0.25) is 0 Å². The number of carbonyl (C=O) groups excluding carboxylic acids is 1. The highest BCUT2D eigenvalue weighted by Gasteiger charge is 2.17. The van der Waals surface area contributed by atoms with Crippen LogP contribution < -0.4 is 5.32 Å². The summed E-state index contributed by atoms with van der Waals surface area (Å²) < 4.78 is 0. The van der Waals surface area contributed by atoms with Crippen LogP contribution in [0.2, 0.25) is 0 Å². The van der Waals surface area contributed by atoms with Gasteiger partial charge in [-0.15, -0.1) is 12.4 Å². The van der Waals surface area contributed by atoms with E-state index in [1.807, 2.05) is 0 Å². The molecule has 0 radical (unpaired) electrons. The second kappa shape index (κ2) is 7.21. The maximum Gasteiger partial charge on any atom is 0.324 e. The van der Waals surface area contributed by atoms with Crippen molar-refractivity contribution in [2.75, 3.05) is 27.2 Å². The Bertz CT molecular complexity index is 397. The second-order valence-electron chi connectivity index (χ2n) is 3.23. The predicted molar refractivity (Wildman–Crippen MR) is 69.1 cm³/mol. The molecule has 1 heterocycles. The topological polar surface area (TPSA) is 75.5 Å². The predicted octanol–water partition coefficient (Wildman–Crippen LogP) is 1.37. The summed E-state index contributed by atoms with van der Waals surface area (Å²) in [6, 6.07) is 2.84. The third-order valence-corrected chi connectivity index (χ3v) is 3.05. The van der Waals surface area contributed by atoms with Crippen LogP contribution in [0, 0.1) is 10.1 Å². The average Bonchev–Trinajstić information content (AvgIpc) is 2.74. The molecule has 0 atom stereocenters. The number of nitro groups is 1. The van der Waals surface area contributed by atoms with Crippen molar-refractivity contribution < 1.29 is 9.72 Å². The summed E-state index contributed by atoms with van der Waals surface area (Å²) >= 11 is 0.900. The summed E-state index contributed by atoms with van der Waals surface area (Å²) in [4.78, 5) is 23.7. The van der Waals surface area contributed by atoms with Gasteiger partial charge in [-0.05, 0) is 13.1 Å². The number of nitrogens with one attached hydrogen (secondary N) is 1. The Balaban J connectivity index is 0.00000256. The lowest BCUT2D eigenvalue weighted by atomic mass is 10.4. The van der Waals surface area contributed by atoms with E-state index in [0.717, 1.165) is 11.3 Å². The van der Waals surface area contributed by atoms with Crippen molar-refractivity contribution in [1.82, 2.24) is 10.2 Å². The fourth-order valence-corrected chi connectivity index (χ4v) is 1.93. The molecule has 0 spiro atoms. The van der Waals surface area contributed by atoms with Crippen molar-refractivity contribution in [1.29, 1.82) is 0 Å². The molecule has 1 aromatic heterocycles. The van der Waals surface area contributed by atoms with E-state index in [1.54, 1.807) is 14.1 Å². The van der Waals surface area contributed by atoms with Crippen LogP contribution in [-0.2, 0) is 0 Å². The molecule has 0 saturated carbocycles. The summed E-state index contributed by atoms with van der Waals surface area (Å²) in [6.07, 6.45) is 0. The van der Waals surface area contributed by atoms with Gasteiger partial charge in [0.05, 0.1) is 9.80 Å². The molecule has 0 aliphatic heterocycles. The standard InChI is InChI=1S/C9H13N3O3S.ClH/c1-10-5-6-11(2)9(13)7-3-4-8(16-7)12(14)15;/h3-4,10H,5-6H2,1-2H3;1H. The van der Waals surface area contributed by atoms with E-state index < -0.39 is 4.92 Å². The zero-order valence-corrected chi connectivity index (χ0v) is 11.1. The molecule has 0 saturated heterocycles. The van der Waals surface area contributed by atoms with Gasteiger partial charge >= 0.3 is 5.00 Å². The van der Waals surface area contributed by atoms with Crippen LogP contribution in [0.15, 0.2) is 12.1 Å². The number of carbonyl (C=O) groups is 1. The van der Waals surface area contributed by atoms with Crippen LogP contribution in [0.3, 0.4) is 0 Å². The maximum absolute atomic E-state index is 11.8. The third kappa shape index (κ3) is 4.29. The van der Waals surface area contributed by atoms with Gasteiger partial charge in [0.25, 0.3) is 5.91 Å². The minimum atomic E-state index is -0.491. The Labute approximate surface area is 109 Å². The van der Waals surface area contributed by atoms with Gasteiger partial charge in [-0.25, -0.2) is 0 Å². The van der Waals surface area contributed by atoms with E-state index in [1.165, 1.54) is 17.0 Å². The van der Waals surface area contributed by atoms with E-state index in [-0.39, 0.29) is 23.3 Å². The molecule has 0 fully saturated rings. The van der Waals surface area contributed by atoms with Gasteiger partial charge < -0.3 is 10.2 Å². The highest BCUT2D eigenvalue weighted by atomic mass is 35.5. The first-order valence-electron chi connectivity index (χ1n) is 4.70. The van der Waals surface area contributed by atoms with Crippen molar-refractivity contribution in [3.63, 3.8) is 0 Å². The molecule has 17 heavy (non-hydrogen) atoms. The van der Waals surface area contributed by atoms with Gasteiger partial charge in [-0.3, -0.25) is 14.9 Å². The summed E-state index contributed by atoms with van der Waals surface area (Å²) in [5.41, 5.74) is 0. The lowest BCUT2D eigenvalue weighted by molar-refractivity contribution is -0.380. The summed E-state index contributed by atoms with van der Waals surface area (Å²) in [7, 11) is 3.47. The minimum absolute atomic E-state index is 0. The smallest absolute Gasteiger partial charge is 0.324 e. The fraction of sp³-hybridized carbons (Fsp3) is 0.444. The largest absolute Gasteiger partial charge is 0.340 e. The van der Waals surface area contributed by atoms with Crippen molar-refractivity contribution in [2.45, 2.75) is 0 Å². The number of hydrogen-bond acceptors (Lipinski definition) is 5. The molecule has 0 bridgehead atoms. The van der Waals surface area contributed by atoms with E-state index in [2.05, 4.69) is 5.32 Å². The van der Waals surface area contributed by atoms with Crippen LogP contribution in [0.5, 0.6) is 0 Å². The van der Waals surface area contributed by atoms with Gasteiger partial charge in [-0.1, -0.05) is 11.3 Å².